The lowest BCUT2D eigenvalue weighted by Crippen LogP contribution is -2.16. The van der Waals surface area contributed by atoms with Crippen molar-refractivity contribution in [3.63, 3.8) is 0 Å². The van der Waals surface area contributed by atoms with Gasteiger partial charge in [0.05, 0.1) is 17.8 Å². The third-order valence-corrected chi connectivity index (χ3v) is 4.51. The number of rotatable bonds is 4. The van der Waals surface area contributed by atoms with Gasteiger partial charge in [0.2, 0.25) is 0 Å². The summed E-state index contributed by atoms with van der Waals surface area (Å²) >= 11 is 1.15. The Labute approximate surface area is 137 Å². The molecule has 1 fully saturated rings. The summed E-state index contributed by atoms with van der Waals surface area (Å²) in [7, 11) is 0. The summed E-state index contributed by atoms with van der Waals surface area (Å²) in [6, 6.07) is 10.3. The van der Waals surface area contributed by atoms with Crippen LogP contribution in [0, 0.1) is 5.82 Å². The lowest BCUT2D eigenvalue weighted by Gasteiger charge is -2.15. The number of ether oxygens (including phenoxy) is 2. The molecule has 1 atom stereocenters. The van der Waals surface area contributed by atoms with Crippen molar-refractivity contribution in [2.45, 2.75) is 18.9 Å². The Morgan fingerprint density at radius 1 is 1.22 bits per heavy atom. The van der Waals surface area contributed by atoms with Crippen molar-refractivity contribution in [3.05, 3.63) is 42.2 Å². The van der Waals surface area contributed by atoms with Crippen LogP contribution >= 0.6 is 11.7 Å². The molecule has 0 amide bonds. The van der Waals surface area contributed by atoms with E-state index in [4.69, 9.17) is 9.47 Å². The van der Waals surface area contributed by atoms with Gasteiger partial charge in [0, 0.05) is 17.7 Å². The molecule has 0 aliphatic carbocycles. The van der Waals surface area contributed by atoms with Gasteiger partial charge < -0.3 is 9.47 Å². The third-order valence-electron chi connectivity index (χ3n) is 3.97. The van der Waals surface area contributed by atoms with E-state index in [1.165, 1.54) is 12.1 Å². The highest BCUT2D eigenvalue weighted by molar-refractivity contribution is 7.00. The van der Waals surface area contributed by atoms with Gasteiger partial charge in [0.25, 0.3) is 0 Å². The van der Waals surface area contributed by atoms with Crippen molar-refractivity contribution in [3.8, 4) is 16.9 Å². The average molecular weight is 330 g/mol. The van der Waals surface area contributed by atoms with Gasteiger partial charge >= 0.3 is 0 Å². The summed E-state index contributed by atoms with van der Waals surface area (Å²) in [6.07, 6.45) is 2.18. The molecular formula is C17H15FN2O2S. The van der Waals surface area contributed by atoms with Crippen molar-refractivity contribution >= 4 is 22.8 Å². The van der Waals surface area contributed by atoms with Gasteiger partial charge in [-0.1, -0.05) is 12.1 Å². The molecule has 1 aliphatic heterocycles. The molecule has 6 heteroatoms. The first kappa shape index (κ1) is 14.5. The summed E-state index contributed by atoms with van der Waals surface area (Å²) in [5, 5.41) is 0. The first-order valence-electron chi connectivity index (χ1n) is 7.57. The van der Waals surface area contributed by atoms with Gasteiger partial charge in [-0.15, -0.1) is 0 Å². The van der Waals surface area contributed by atoms with Gasteiger partial charge in [0.1, 0.15) is 29.2 Å². The molecule has 23 heavy (non-hydrogen) atoms. The van der Waals surface area contributed by atoms with Crippen LogP contribution in [0.3, 0.4) is 0 Å². The zero-order valence-corrected chi connectivity index (χ0v) is 13.2. The monoisotopic (exact) mass is 330 g/mol. The number of halogens is 1. The number of fused-ring (bicyclic) bond motifs is 1. The fraction of sp³-hybridized carbons (Fsp3) is 0.294. The highest BCUT2D eigenvalue weighted by Crippen LogP contribution is 2.35. The van der Waals surface area contributed by atoms with Crippen LogP contribution in [0.5, 0.6) is 5.75 Å². The first-order valence-corrected chi connectivity index (χ1v) is 8.30. The molecule has 0 N–H and O–H groups in total. The van der Waals surface area contributed by atoms with Crippen LogP contribution in [0.2, 0.25) is 0 Å². The van der Waals surface area contributed by atoms with E-state index in [1.807, 2.05) is 18.2 Å². The molecule has 118 valence electrons. The summed E-state index contributed by atoms with van der Waals surface area (Å²) in [5.41, 5.74) is 3.10. The van der Waals surface area contributed by atoms with E-state index in [-0.39, 0.29) is 11.9 Å². The second kappa shape index (κ2) is 6.22. The van der Waals surface area contributed by atoms with Gasteiger partial charge in [-0.25, -0.2) is 4.39 Å². The predicted molar refractivity (Wildman–Crippen MR) is 87.3 cm³/mol. The Hall–Kier alpha value is -2.05. The van der Waals surface area contributed by atoms with E-state index >= 15 is 0 Å². The Balaban J connectivity index is 1.71. The average Bonchev–Trinajstić information content (AvgIpc) is 3.24. The smallest absolute Gasteiger partial charge is 0.127 e. The summed E-state index contributed by atoms with van der Waals surface area (Å²) in [4.78, 5) is 0. The fourth-order valence-corrected chi connectivity index (χ4v) is 3.37. The van der Waals surface area contributed by atoms with Gasteiger partial charge in [-0.3, -0.25) is 0 Å². The molecule has 4 nitrogen and oxygen atoms in total. The highest BCUT2D eigenvalue weighted by Gasteiger charge is 2.18. The molecule has 0 bridgehead atoms. The molecular weight excluding hydrogens is 315 g/mol. The maximum Gasteiger partial charge on any atom is 0.127 e. The zero-order chi connectivity index (χ0) is 15.6. The molecule has 1 unspecified atom stereocenters. The standard InChI is InChI=1S/C17H15FN2O2S/c18-11-6-7-16(22-10-12-3-2-8-21-12)14(9-11)13-4-1-5-15-17(13)20-23-19-15/h1,4-7,9,12H,2-3,8,10H2. The zero-order valence-electron chi connectivity index (χ0n) is 12.4. The van der Waals surface area contributed by atoms with Crippen LogP contribution in [0.25, 0.3) is 22.2 Å². The first-order chi connectivity index (χ1) is 11.3. The Morgan fingerprint density at radius 2 is 2.17 bits per heavy atom. The van der Waals surface area contributed by atoms with E-state index in [0.717, 1.165) is 47.8 Å². The van der Waals surface area contributed by atoms with Crippen LogP contribution < -0.4 is 4.74 Å². The second-order valence-corrected chi connectivity index (χ2v) is 6.05. The van der Waals surface area contributed by atoms with Gasteiger partial charge in [0.15, 0.2) is 0 Å². The number of aromatic nitrogens is 2. The molecule has 0 spiro atoms. The molecule has 1 aromatic heterocycles. The topological polar surface area (TPSA) is 44.2 Å². The Bertz CT molecular complexity index is 830. The SMILES string of the molecule is Fc1ccc(OCC2CCCO2)c(-c2cccc3nsnc23)c1. The summed E-state index contributed by atoms with van der Waals surface area (Å²) in [5.74, 6) is 0.340. The number of hydrogen-bond acceptors (Lipinski definition) is 5. The molecule has 1 saturated heterocycles. The van der Waals surface area contributed by atoms with Crippen LogP contribution in [-0.2, 0) is 4.74 Å². The van der Waals surface area contributed by atoms with Crippen LogP contribution in [0.15, 0.2) is 36.4 Å². The second-order valence-electron chi connectivity index (χ2n) is 5.52. The largest absolute Gasteiger partial charge is 0.490 e. The molecule has 0 saturated carbocycles. The number of nitrogens with zero attached hydrogens (tertiary/aromatic N) is 2. The molecule has 3 aromatic rings. The lowest BCUT2D eigenvalue weighted by atomic mass is 10.0. The van der Waals surface area contributed by atoms with E-state index < -0.39 is 0 Å². The van der Waals surface area contributed by atoms with Crippen LogP contribution in [0.4, 0.5) is 4.39 Å². The van der Waals surface area contributed by atoms with Gasteiger partial charge in [-0.05, 0) is 37.1 Å². The molecule has 0 radical (unpaired) electrons. The highest BCUT2D eigenvalue weighted by atomic mass is 32.1. The summed E-state index contributed by atoms with van der Waals surface area (Å²) in [6.45, 7) is 1.26. The van der Waals surface area contributed by atoms with Crippen molar-refractivity contribution < 1.29 is 13.9 Å². The summed E-state index contributed by atoms with van der Waals surface area (Å²) < 4.78 is 33.9. The van der Waals surface area contributed by atoms with E-state index in [2.05, 4.69) is 8.75 Å². The maximum atomic E-state index is 13.8. The minimum absolute atomic E-state index is 0.115. The minimum Gasteiger partial charge on any atom is -0.490 e. The lowest BCUT2D eigenvalue weighted by molar-refractivity contribution is 0.0681. The normalized spacial score (nSPS) is 17.7. The van der Waals surface area contributed by atoms with Crippen LogP contribution in [0.1, 0.15) is 12.8 Å². The number of hydrogen-bond donors (Lipinski definition) is 0. The molecule has 1 aliphatic rings. The number of benzene rings is 2. The Morgan fingerprint density at radius 3 is 3.04 bits per heavy atom. The van der Waals surface area contributed by atoms with Gasteiger partial charge in [-0.2, -0.15) is 8.75 Å². The molecule has 2 heterocycles. The van der Waals surface area contributed by atoms with Crippen molar-refractivity contribution in [1.29, 1.82) is 0 Å². The predicted octanol–water partition coefficient (Wildman–Crippen LogP) is 4.06. The van der Waals surface area contributed by atoms with Crippen molar-refractivity contribution in [2.24, 2.45) is 0 Å². The molecule has 2 aromatic carbocycles. The van der Waals surface area contributed by atoms with Crippen molar-refractivity contribution in [2.75, 3.05) is 13.2 Å². The minimum atomic E-state index is -0.301. The van der Waals surface area contributed by atoms with Crippen molar-refractivity contribution in [1.82, 2.24) is 8.75 Å². The molecule has 4 rings (SSSR count). The maximum absolute atomic E-state index is 13.8. The van der Waals surface area contributed by atoms with Crippen LogP contribution in [-0.4, -0.2) is 28.1 Å². The fourth-order valence-electron chi connectivity index (χ4n) is 2.82. The third kappa shape index (κ3) is 2.92. The quantitative estimate of drug-likeness (QED) is 0.724. The van der Waals surface area contributed by atoms with E-state index in [0.29, 0.717) is 17.9 Å². The van der Waals surface area contributed by atoms with E-state index in [9.17, 15) is 4.39 Å². The van der Waals surface area contributed by atoms with E-state index in [1.54, 1.807) is 6.07 Å². The Kier molecular flexibility index (Phi) is 3.93.